The highest BCUT2D eigenvalue weighted by molar-refractivity contribution is 6.02. The molecule has 0 spiro atoms. The van der Waals surface area contributed by atoms with E-state index in [1.54, 1.807) is 13.0 Å². The molecule has 3 nitrogen and oxygen atoms in total. The molecule has 4 rings (SSSR count). The molecular formula is C22H19FN2O. The number of aryl methyl sites for hydroxylation is 1. The summed E-state index contributed by atoms with van der Waals surface area (Å²) in [4.78, 5) is 4.45. The molecule has 2 N–H and O–H groups in total. The maximum absolute atomic E-state index is 13.8. The second-order valence-corrected chi connectivity index (χ2v) is 6.35. The molecule has 0 radical (unpaired) electrons. The first-order valence-electron chi connectivity index (χ1n) is 8.60. The number of anilines is 1. The molecule has 0 atom stereocenters. The van der Waals surface area contributed by atoms with Crippen LogP contribution in [0.25, 0.3) is 33.4 Å². The van der Waals surface area contributed by atoms with E-state index in [0.717, 1.165) is 33.2 Å². The lowest BCUT2D eigenvalue weighted by Crippen LogP contribution is -2.03. The van der Waals surface area contributed by atoms with Gasteiger partial charge in [-0.25, -0.2) is 4.39 Å². The third-order valence-corrected chi connectivity index (χ3v) is 4.52. The Bertz CT molecular complexity index is 1160. The van der Waals surface area contributed by atoms with E-state index in [9.17, 15) is 4.39 Å². The van der Waals surface area contributed by atoms with Crippen LogP contribution in [0, 0.1) is 12.7 Å². The Kier molecular flexibility index (Phi) is 3.96. The molecule has 2 aliphatic rings. The van der Waals surface area contributed by atoms with Gasteiger partial charge in [-0.2, -0.15) is 0 Å². The Hall–Kier alpha value is -3.14. The van der Waals surface area contributed by atoms with Crippen LogP contribution in [-0.4, -0.2) is 6.54 Å². The van der Waals surface area contributed by atoms with Gasteiger partial charge in [-0.15, -0.1) is 0 Å². The van der Waals surface area contributed by atoms with Crippen molar-refractivity contribution >= 4 is 16.7 Å². The van der Waals surface area contributed by atoms with Crippen molar-refractivity contribution in [1.82, 2.24) is 0 Å². The Morgan fingerprint density at radius 3 is 2.65 bits per heavy atom. The van der Waals surface area contributed by atoms with Crippen LogP contribution in [0.15, 0.2) is 64.0 Å². The van der Waals surface area contributed by atoms with Crippen LogP contribution in [0.4, 0.5) is 10.1 Å². The zero-order valence-corrected chi connectivity index (χ0v) is 14.7. The van der Waals surface area contributed by atoms with Gasteiger partial charge in [0, 0.05) is 40.9 Å². The highest BCUT2D eigenvalue weighted by Crippen LogP contribution is 2.40. The normalized spacial score (nSPS) is 12.2. The molecule has 1 heterocycles. The van der Waals surface area contributed by atoms with Crippen LogP contribution in [-0.2, 0) is 0 Å². The summed E-state index contributed by atoms with van der Waals surface area (Å²) in [6, 6.07) is 16.7. The van der Waals surface area contributed by atoms with Gasteiger partial charge in [-0.3, -0.25) is 4.99 Å². The van der Waals surface area contributed by atoms with Crippen molar-refractivity contribution in [3.8, 4) is 22.5 Å². The van der Waals surface area contributed by atoms with Crippen LogP contribution in [0.2, 0.25) is 0 Å². The molecule has 0 fully saturated rings. The largest absolute Gasteiger partial charge is 0.456 e. The van der Waals surface area contributed by atoms with Crippen LogP contribution < -0.4 is 11.1 Å². The molecule has 0 aromatic heterocycles. The van der Waals surface area contributed by atoms with E-state index in [1.165, 1.54) is 6.07 Å². The predicted molar refractivity (Wildman–Crippen MR) is 103 cm³/mol. The minimum absolute atomic E-state index is 0.212. The van der Waals surface area contributed by atoms with Crippen LogP contribution in [0.5, 0.6) is 0 Å². The fourth-order valence-electron chi connectivity index (χ4n) is 3.29. The van der Waals surface area contributed by atoms with Gasteiger partial charge in [-0.05, 0) is 61.4 Å². The highest BCUT2D eigenvalue weighted by atomic mass is 19.1. The van der Waals surface area contributed by atoms with Crippen molar-refractivity contribution in [1.29, 1.82) is 0 Å². The molecule has 0 amide bonds. The van der Waals surface area contributed by atoms with E-state index >= 15 is 0 Å². The van der Waals surface area contributed by atoms with Gasteiger partial charge >= 0.3 is 0 Å². The molecular weight excluding hydrogens is 327 g/mol. The highest BCUT2D eigenvalue weighted by Gasteiger charge is 2.17. The van der Waals surface area contributed by atoms with Crippen molar-refractivity contribution < 1.29 is 8.81 Å². The average Bonchev–Trinajstić information content (AvgIpc) is 2.62. The molecule has 2 aromatic carbocycles. The SMILES string of the molecule is CCN=c1ccc2c(-c3ccc(F)c(C)c3)c3ccc(N)cc3oc-2c1. The molecule has 0 saturated heterocycles. The quantitative estimate of drug-likeness (QED) is 0.403. The van der Waals surface area contributed by atoms with Crippen molar-refractivity contribution in [2.75, 3.05) is 12.3 Å². The van der Waals surface area contributed by atoms with Crippen LogP contribution in [0.1, 0.15) is 12.5 Å². The van der Waals surface area contributed by atoms with Crippen molar-refractivity contribution in [3.05, 3.63) is 71.3 Å². The number of nitrogens with zero attached hydrogens (tertiary/aromatic N) is 1. The average molecular weight is 346 g/mol. The van der Waals surface area contributed by atoms with Gasteiger partial charge in [0.15, 0.2) is 0 Å². The van der Waals surface area contributed by atoms with E-state index in [-0.39, 0.29) is 5.82 Å². The van der Waals surface area contributed by atoms with Gasteiger partial charge in [0.25, 0.3) is 0 Å². The van der Waals surface area contributed by atoms with E-state index in [2.05, 4.69) is 4.99 Å². The number of fused-ring (bicyclic) bond motifs is 2. The number of benzene rings is 3. The van der Waals surface area contributed by atoms with Crippen LogP contribution in [0.3, 0.4) is 0 Å². The lowest BCUT2D eigenvalue weighted by Gasteiger charge is -2.16. The summed E-state index contributed by atoms with van der Waals surface area (Å²) in [7, 11) is 0. The smallest absolute Gasteiger partial charge is 0.137 e. The fourth-order valence-corrected chi connectivity index (χ4v) is 3.29. The Balaban J connectivity index is 2.13. The van der Waals surface area contributed by atoms with Crippen molar-refractivity contribution in [2.45, 2.75) is 13.8 Å². The summed E-state index contributed by atoms with van der Waals surface area (Å²) in [5.41, 5.74) is 10.8. The number of halogens is 1. The number of hydrogen-bond donors (Lipinski definition) is 1. The summed E-state index contributed by atoms with van der Waals surface area (Å²) >= 11 is 0. The Labute approximate surface area is 151 Å². The van der Waals surface area contributed by atoms with Crippen molar-refractivity contribution in [3.63, 3.8) is 0 Å². The third kappa shape index (κ3) is 2.73. The molecule has 0 saturated carbocycles. The third-order valence-electron chi connectivity index (χ3n) is 4.52. The molecule has 1 aliphatic heterocycles. The Morgan fingerprint density at radius 1 is 1.04 bits per heavy atom. The summed E-state index contributed by atoms with van der Waals surface area (Å²) < 4.78 is 19.9. The summed E-state index contributed by atoms with van der Waals surface area (Å²) in [6.45, 7) is 4.47. The van der Waals surface area contributed by atoms with Crippen LogP contribution >= 0.6 is 0 Å². The van der Waals surface area contributed by atoms with E-state index in [4.69, 9.17) is 10.2 Å². The zero-order valence-electron chi connectivity index (χ0n) is 14.7. The van der Waals surface area contributed by atoms with Gasteiger partial charge in [0.1, 0.15) is 17.2 Å². The van der Waals surface area contributed by atoms with Gasteiger partial charge in [0.2, 0.25) is 0 Å². The number of hydrogen-bond acceptors (Lipinski definition) is 3. The van der Waals surface area contributed by atoms with E-state index in [0.29, 0.717) is 23.4 Å². The second kappa shape index (κ2) is 6.30. The molecule has 1 aliphatic carbocycles. The van der Waals surface area contributed by atoms with Gasteiger partial charge in [-0.1, -0.05) is 6.07 Å². The predicted octanol–water partition coefficient (Wildman–Crippen LogP) is 5.15. The van der Waals surface area contributed by atoms with E-state index < -0.39 is 0 Å². The molecule has 26 heavy (non-hydrogen) atoms. The zero-order chi connectivity index (χ0) is 18.3. The molecule has 0 unspecified atom stereocenters. The number of rotatable bonds is 2. The lowest BCUT2D eigenvalue weighted by molar-refractivity contribution is 0.618. The molecule has 2 aromatic rings. The minimum Gasteiger partial charge on any atom is -0.456 e. The van der Waals surface area contributed by atoms with Gasteiger partial charge < -0.3 is 10.2 Å². The number of nitrogens with two attached hydrogens (primary N) is 1. The van der Waals surface area contributed by atoms with Crippen molar-refractivity contribution in [2.24, 2.45) is 4.99 Å². The standard InChI is InChI=1S/C22H19FN2O/c1-3-25-16-6-8-18-21(12-16)26-20-11-15(24)5-7-17(20)22(18)14-4-9-19(23)13(2)10-14/h4-12H,3,24H2,1-2H3. The first-order chi connectivity index (χ1) is 12.6. The minimum atomic E-state index is -0.212. The molecule has 4 heteroatoms. The maximum atomic E-state index is 13.8. The first-order valence-corrected chi connectivity index (χ1v) is 8.60. The topological polar surface area (TPSA) is 51.5 Å². The van der Waals surface area contributed by atoms with E-state index in [1.807, 2.05) is 49.4 Å². The monoisotopic (exact) mass is 346 g/mol. The summed E-state index contributed by atoms with van der Waals surface area (Å²) in [5.74, 6) is 0.519. The summed E-state index contributed by atoms with van der Waals surface area (Å²) in [5, 5.41) is 1.81. The Morgan fingerprint density at radius 2 is 1.88 bits per heavy atom. The fraction of sp³-hybridized carbons (Fsp3) is 0.136. The van der Waals surface area contributed by atoms with Gasteiger partial charge in [0.05, 0.1) is 5.36 Å². The first kappa shape index (κ1) is 16.3. The number of nitrogen functional groups attached to an aromatic ring is 1. The maximum Gasteiger partial charge on any atom is 0.137 e. The summed E-state index contributed by atoms with van der Waals surface area (Å²) in [6.07, 6.45) is 0. The molecule has 0 bridgehead atoms. The molecule has 130 valence electrons. The lowest BCUT2D eigenvalue weighted by atomic mass is 9.93. The second-order valence-electron chi connectivity index (χ2n) is 6.35.